The van der Waals surface area contributed by atoms with Crippen LogP contribution >= 0.6 is 0 Å². The largest absolute Gasteiger partial charge is 0.479 e. The monoisotopic (exact) mass is 922 g/mol. The van der Waals surface area contributed by atoms with Gasteiger partial charge in [0, 0.05) is 33.1 Å². The molecule has 1 heterocycles. The first-order chi connectivity index (χ1) is 29.9. The average molecular weight is 923 g/mol. The number of nitrogens with zero attached hydrogens (tertiary/aromatic N) is 3. The van der Waals surface area contributed by atoms with Gasteiger partial charge in [0.25, 0.3) is 5.91 Å². The van der Waals surface area contributed by atoms with E-state index in [2.05, 4.69) is 20.9 Å². The first-order valence-corrected chi connectivity index (χ1v) is 19.6. The van der Waals surface area contributed by atoms with Gasteiger partial charge in [0.1, 0.15) is 36.3 Å². The Labute approximate surface area is 363 Å². The van der Waals surface area contributed by atoms with Crippen molar-refractivity contribution < 1.29 is 89.0 Å². The third-order valence-electron chi connectivity index (χ3n) is 9.24. The van der Waals surface area contributed by atoms with E-state index < -0.39 is 140 Å². The number of carboxylic acid groups (broad SMARTS) is 2. The molecule has 9 atom stereocenters. The Morgan fingerprint density at radius 2 is 1.30 bits per heavy atom. The number of carbonyl (C=O) groups is 10. The Balaban J connectivity index is 3.43. The van der Waals surface area contributed by atoms with Crippen molar-refractivity contribution in [2.24, 2.45) is 22.2 Å². The van der Waals surface area contributed by atoms with E-state index in [0.29, 0.717) is 10.1 Å². The fraction of sp³-hybridized carbons (Fsp3) is 0.676. The van der Waals surface area contributed by atoms with E-state index in [9.17, 15) is 89.0 Å². The molecule has 30 nitrogen and oxygen atoms in total. The third-order valence-corrected chi connectivity index (χ3v) is 9.24. The number of guanidine groups is 1. The molecule has 0 bridgehead atoms. The van der Waals surface area contributed by atoms with Crippen molar-refractivity contribution in [3.8, 4) is 0 Å². The number of aliphatic hydroxyl groups is 4. The van der Waals surface area contributed by atoms with Crippen LogP contribution in [-0.4, -0.2) is 204 Å². The van der Waals surface area contributed by atoms with Gasteiger partial charge in [-0.25, -0.2) is 19.7 Å². The number of amides is 8. The second kappa shape index (κ2) is 27.7. The quantitative estimate of drug-likeness (QED) is 0.0114. The Morgan fingerprint density at radius 3 is 1.83 bits per heavy atom. The van der Waals surface area contributed by atoms with Gasteiger partial charge in [0.05, 0.1) is 19.1 Å². The zero-order chi connectivity index (χ0) is 48.8. The minimum atomic E-state index is -2.81. The maximum absolute atomic E-state index is 13.7. The van der Waals surface area contributed by atoms with E-state index in [1.54, 1.807) is 0 Å². The minimum Gasteiger partial charge on any atom is -0.479 e. The Kier molecular flexibility index (Phi) is 24.1. The highest BCUT2D eigenvalue weighted by molar-refractivity contribution is 5.99. The predicted octanol–water partition coefficient (Wildman–Crippen LogP) is -9.04. The summed E-state index contributed by atoms with van der Waals surface area (Å²) in [6, 6.07) is -11.6. The number of hydrogen-bond acceptors (Lipinski definition) is 18. The molecular formula is C34H58N12O18. The molecule has 1 unspecified atom stereocenters. The lowest BCUT2D eigenvalue weighted by Crippen LogP contribution is -2.64. The zero-order valence-corrected chi connectivity index (χ0v) is 34.6. The van der Waals surface area contributed by atoms with Gasteiger partial charge < -0.3 is 79.7 Å². The second-order valence-electron chi connectivity index (χ2n) is 14.3. The average Bonchev–Trinajstić information content (AvgIpc) is 3.23. The Morgan fingerprint density at radius 1 is 0.781 bits per heavy atom. The van der Waals surface area contributed by atoms with Crippen LogP contribution in [0.2, 0.25) is 0 Å². The maximum Gasteiger partial charge on any atom is 0.335 e. The van der Waals surface area contributed by atoms with Crippen LogP contribution in [0.25, 0.3) is 0 Å². The number of hydrogen-bond donors (Lipinski definition) is 17. The van der Waals surface area contributed by atoms with Gasteiger partial charge in [-0.1, -0.05) is 0 Å². The summed E-state index contributed by atoms with van der Waals surface area (Å²) >= 11 is 0. The van der Waals surface area contributed by atoms with Crippen LogP contribution < -0.4 is 49.1 Å². The number of unbranched alkanes of at least 4 members (excludes halogenated alkanes) is 1. The molecule has 1 fully saturated rings. The van der Waals surface area contributed by atoms with Crippen LogP contribution in [0.5, 0.6) is 0 Å². The first kappa shape index (κ1) is 55.7. The molecule has 1 aliphatic heterocycles. The molecule has 0 saturated carbocycles. The zero-order valence-electron chi connectivity index (χ0n) is 34.6. The molecule has 8 amide bonds. The predicted molar refractivity (Wildman–Crippen MR) is 211 cm³/mol. The van der Waals surface area contributed by atoms with Crippen LogP contribution in [0, 0.1) is 0 Å². The first-order valence-electron chi connectivity index (χ1n) is 19.6. The van der Waals surface area contributed by atoms with Crippen molar-refractivity contribution in [1.82, 2.24) is 42.0 Å². The highest BCUT2D eigenvalue weighted by Gasteiger charge is 2.40. The smallest absolute Gasteiger partial charge is 0.335 e. The number of nitrogens with one attached hydrogen (secondary N) is 6. The molecule has 30 heteroatoms. The van der Waals surface area contributed by atoms with Gasteiger partial charge >= 0.3 is 11.9 Å². The highest BCUT2D eigenvalue weighted by Crippen LogP contribution is 2.12. The molecule has 0 aromatic carbocycles. The molecule has 1 saturated heterocycles. The summed E-state index contributed by atoms with van der Waals surface area (Å²) in [7, 11) is 0. The molecule has 1 aliphatic rings. The van der Waals surface area contributed by atoms with Gasteiger partial charge in [0.2, 0.25) is 41.4 Å². The lowest BCUT2D eigenvalue weighted by molar-refractivity contribution is -0.173. The number of piperidine rings is 1. The maximum atomic E-state index is 13.7. The van der Waals surface area contributed by atoms with Gasteiger partial charge in [-0.3, -0.25) is 53.8 Å². The van der Waals surface area contributed by atoms with Crippen LogP contribution in [0.15, 0.2) is 4.99 Å². The van der Waals surface area contributed by atoms with Crippen LogP contribution in [0.3, 0.4) is 0 Å². The van der Waals surface area contributed by atoms with Crippen molar-refractivity contribution in [2.75, 3.05) is 32.8 Å². The summed E-state index contributed by atoms with van der Waals surface area (Å²) in [4.78, 5) is 131. The SMILES string of the molecule is CC(=O)N(O)CCC[C@H](NC(=O)[C@H](CO)NC(=O)[C@H](NC(=O)[C@@H](CCCCN=C(N)N)NC(=O)[C@@H](NC(=O)CC(O)CN)[C@H](O)C(=O)O)[C@@H](O)C(=O)O)C(=O)N[C@@H]1CCCN(O)C1=O. The van der Waals surface area contributed by atoms with E-state index in [0.717, 1.165) is 6.92 Å². The van der Waals surface area contributed by atoms with Gasteiger partial charge in [-0.05, 0) is 44.9 Å². The fourth-order valence-corrected chi connectivity index (χ4v) is 5.71. The number of aliphatic carboxylic acids is 2. The van der Waals surface area contributed by atoms with E-state index in [1.165, 1.54) is 0 Å². The number of carboxylic acids is 2. The summed E-state index contributed by atoms with van der Waals surface area (Å²) in [5, 5.41) is 92.1. The molecule has 0 spiro atoms. The van der Waals surface area contributed by atoms with Gasteiger partial charge in [0.15, 0.2) is 18.2 Å². The Hall–Kier alpha value is -6.31. The Bertz CT molecular complexity index is 1700. The molecular weight excluding hydrogens is 864 g/mol. The normalized spacial score (nSPS) is 17.3. The fourth-order valence-electron chi connectivity index (χ4n) is 5.71. The molecule has 64 heavy (non-hydrogen) atoms. The summed E-state index contributed by atoms with van der Waals surface area (Å²) in [6.45, 7) is -1.03. The number of aliphatic imine (C=N–C) groups is 1. The van der Waals surface area contributed by atoms with Crippen molar-refractivity contribution >= 4 is 65.2 Å². The lowest BCUT2D eigenvalue weighted by atomic mass is 10.0. The summed E-state index contributed by atoms with van der Waals surface area (Å²) in [5.74, 6) is -14.2. The standard InChI is InChI=1S/C34H58N12O18/c1-15(48)45(63)10-4-7-18(26(53)41-19-8-5-11-46(64)31(19)58)39-28(55)20(14-47)42-30(57)23(25(52)33(61)62)44-27(54)17(6-2-3-9-38-34(36)37)40-29(56)22(24(51)32(59)60)43-21(50)12-16(49)13-35/h16-20,22-25,47,49,51-52,63-64H,2-14,35H2,1H3,(H,39,55)(H,40,56)(H,41,53)(H,42,57)(H,43,50)(H,44,54)(H,59,60)(H,61,62)(H4,36,37,38)/t16?,17-,18+,19-,20+,22+,23-,24+,25-/m1/s1. The van der Waals surface area contributed by atoms with E-state index in [-0.39, 0.29) is 64.1 Å². The second-order valence-corrected chi connectivity index (χ2v) is 14.3. The van der Waals surface area contributed by atoms with Crippen molar-refractivity contribution in [1.29, 1.82) is 0 Å². The summed E-state index contributed by atoms with van der Waals surface area (Å²) < 4.78 is 0. The molecule has 20 N–H and O–H groups in total. The topological polar surface area (TPSA) is 502 Å². The van der Waals surface area contributed by atoms with Gasteiger partial charge in [-0.2, -0.15) is 0 Å². The van der Waals surface area contributed by atoms with Crippen molar-refractivity contribution in [2.45, 2.75) is 113 Å². The van der Waals surface area contributed by atoms with Gasteiger partial charge in [-0.15, -0.1) is 0 Å². The van der Waals surface area contributed by atoms with Crippen molar-refractivity contribution in [3.63, 3.8) is 0 Å². The number of rotatable bonds is 28. The lowest BCUT2D eigenvalue weighted by Gasteiger charge is -2.30. The molecule has 0 aromatic heterocycles. The molecule has 0 radical (unpaired) electrons. The molecule has 0 aliphatic carbocycles. The highest BCUT2D eigenvalue weighted by atomic mass is 16.5. The number of nitrogens with two attached hydrogens (primary N) is 3. The number of hydroxylamine groups is 4. The van der Waals surface area contributed by atoms with Crippen LogP contribution in [0.1, 0.15) is 58.3 Å². The molecule has 1 rings (SSSR count). The summed E-state index contributed by atoms with van der Waals surface area (Å²) in [5.41, 5.74) is 15.9. The molecule has 362 valence electrons. The van der Waals surface area contributed by atoms with E-state index in [4.69, 9.17) is 17.2 Å². The third kappa shape index (κ3) is 19.0. The molecule has 0 aromatic rings. The van der Waals surface area contributed by atoms with Crippen LogP contribution in [-0.2, 0) is 47.9 Å². The van der Waals surface area contributed by atoms with Crippen molar-refractivity contribution in [3.05, 3.63) is 0 Å². The van der Waals surface area contributed by atoms with E-state index >= 15 is 0 Å². The number of carbonyl (C=O) groups excluding carboxylic acids is 8. The number of aliphatic hydroxyl groups excluding tert-OH is 4. The van der Waals surface area contributed by atoms with E-state index in [1.807, 2.05) is 16.0 Å². The summed E-state index contributed by atoms with van der Waals surface area (Å²) in [6.07, 6.45) is -8.09. The minimum absolute atomic E-state index is 0.0152. The van der Waals surface area contributed by atoms with Crippen LogP contribution in [0.4, 0.5) is 0 Å².